The molecule has 1 aromatic carbocycles. The fourth-order valence-corrected chi connectivity index (χ4v) is 2.36. The van der Waals surface area contributed by atoms with E-state index in [0.29, 0.717) is 8.95 Å². The number of halogens is 2. The Hall–Kier alpha value is -1.08. The van der Waals surface area contributed by atoms with Gasteiger partial charge in [-0.15, -0.1) is 0 Å². The number of hydrogen-bond acceptors (Lipinski definition) is 5. The van der Waals surface area contributed by atoms with Gasteiger partial charge in [0.1, 0.15) is 12.4 Å². The minimum Gasteiger partial charge on any atom is -0.546 e. The zero-order valence-corrected chi connectivity index (χ0v) is 10.8. The molecule has 0 unspecified atom stereocenters. The van der Waals surface area contributed by atoms with E-state index in [1.54, 1.807) is 0 Å². The highest BCUT2D eigenvalue weighted by Crippen LogP contribution is 2.34. The summed E-state index contributed by atoms with van der Waals surface area (Å²) in [5.41, 5.74) is -0.0560. The lowest BCUT2D eigenvalue weighted by atomic mass is 10.2. The molecule has 0 heterocycles. The molecule has 0 fully saturated rings. The van der Waals surface area contributed by atoms with E-state index in [9.17, 15) is 19.8 Å². The van der Waals surface area contributed by atoms with Crippen LogP contribution in [0.3, 0.4) is 0 Å². The van der Waals surface area contributed by atoms with Crippen molar-refractivity contribution >= 4 is 43.8 Å². The number of ether oxygens (including phenoxy) is 1. The monoisotopic (exact) mass is 350 g/mol. The lowest BCUT2D eigenvalue weighted by Gasteiger charge is -2.12. The van der Waals surface area contributed by atoms with E-state index in [-0.39, 0.29) is 11.3 Å². The average Bonchev–Trinajstić information content (AvgIpc) is 2.15. The van der Waals surface area contributed by atoms with Crippen LogP contribution in [0.2, 0.25) is 0 Å². The highest BCUT2D eigenvalue weighted by molar-refractivity contribution is 9.11. The van der Waals surface area contributed by atoms with Crippen molar-refractivity contribution in [2.45, 2.75) is 0 Å². The van der Waals surface area contributed by atoms with Crippen molar-refractivity contribution in [3.05, 3.63) is 26.6 Å². The van der Waals surface area contributed by atoms with Crippen LogP contribution >= 0.6 is 31.9 Å². The smallest absolute Gasteiger partial charge is 0.148 e. The molecule has 0 N–H and O–H groups in total. The molecule has 7 heteroatoms. The summed E-state index contributed by atoms with van der Waals surface area (Å²) in [6.07, 6.45) is 0. The summed E-state index contributed by atoms with van der Waals surface area (Å²) >= 11 is 6.11. The molecule has 16 heavy (non-hydrogen) atoms. The standard InChI is InChI=1S/C9H6Br2O5/c10-5-1-4(9(14)15)2-6(11)8(5)16-3-7(12)13/h1-2H,3H2,(H,12,13)(H,14,15)/p-2. The van der Waals surface area contributed by atoms with Crippen LogP contribution in [0, 0.1) is 0 Å². The Morgan fingerprint density at radius 1 is 1.19 bits per heavy atom. The van der Waals surface area contributed by atoms with E-state index in [2.05, 4.69) is 31.9 Å². The molecule has 0 saturated carbocycles. The lowest BCUT2D eigenvalue weighted by Crippen LogP contribution is -2.29. The molecule has 0 aliphatic rings. The van der Waals surface area contributed by atoms with Gasteiger partial charge in [-0.3, -0.25) is 0 Å². The van der Waals surface area contributed by atoms with Crippen LogP contribution in [-0.4, -0.2) is 18.5 Å². The molecule has 0 spiro atoms. The molecule has 0 aromatic heterocycles. The zero-order chi connectivity index (χ0) is 12.3. The Bertz CT molecular complexity index is 421. The highest BCUT2D eigenvalue weighted by Gasteiger charge is 2.09. The summed E-state index contributed by atoms with van der Waals surface area (Å²) < 4.78 is 5.51. The third kappa shape index (κ3) is 3.21. The molecule has 86 valence electrons. The third-order valence-electron chi connectivity index (χ3n) is 1.57. The largest absolute Gasteiger partial charge is 0.546 e. The van der Waals surface area contributed by atoms with E-state index in [1.807, 2.05) is 0 Å². The van der Waals surface area contributed by atoms with Crippen LogP contribution in [0.25, 0.3) is 0 Å². The van der Waals surface area contributed by atoms with Crippen LogP contribution in [-0.2, 0) is 4.79 Å². The predicted molar refractivity (Wildman–Crippen MR) is 56.7 cm³/mol. The normalized spacial score (nSPS) is 9.88. The van der Waals surface area contributed by atoms with E-state index in [4.69, 9.17) is 4.74 Å². The van der Waals surface area contributed by atoms with Gasteiger partial charge in [-0.25, -0.2) is 0 Å². The van der Waals surface area contributed by atoms with E-state index < -0.39 is 18.5 Å². The number of aliphatic carboxylic acids is 1. The van der Waals surface area contributed by atoms with E-state index in [1.165, 1.54) is 12.1 Å². The molecule has 0 atom stereocenters. The zero-order valence-electron chi connectivity index (χ0n) is 7.66. The number of hydrogen-bond donors (Lipinski definition) is 0. The average molecular weight is 352 g/mol. The van der Waals surface area contributed by atoms with Crippen molar-refractivity contribution in [1.82, 2.24) is 0 Å². The minimum absolute atomic E-state index is 0.0560. The quantitative estimate of drug-likeness (QED) is 0.743. The maximum atomic E-state index is 10.6. The summed E-state index contributed by atoms with van der Waals surface area (Å²) in [6.45, 7) is -0.623. The van der Waals surface area contributed by atoms with Gasteiger partial charge in [-0.2, -0.15) is 0 Å². The molecule has 0 bridgehead atoms. The Morgan fingerprint density at radius 3 is 2.06 bits per heavy atom. The first-order valence-corrected chi connectivity index (χ1v) is 5.53. The Balaban J connectivity index is 3.03. The number of carbonyl (C=O) groups excluding carboxylic acids is 2. The summed E-state index contributed by atoms with van der Waals surface area (Å²) in [7, 11) is 0. The van der Waals surface area contributed by atoms with Crippen molar-refractivity contribution in [2.75, 3.05) is 6.61 Å². The van der Waals surface area contributed by atoms with E-state index in [0.717, 1.165) is 0 Å². The van der Waals surface area contributed by atoms with Crippen LogP contribution in [0.5, 0.6) is 5.75 Å². The molecule has 5 nitrogen and oxygen atoms in total. The van der Waals surface area contributed by atoms with Gasteiger partial charge < -0.3 is 24.5 Å². The predicted octanol–water partition coefficient (Wildman–Crippen LogP) is -0.296. The molecular weight excluding hydrogens is 348 g/mol. The minimum atomic E-state index is -1.37. The number of aromatic carboxylic acids is 1. The number of carboxylic acids is 2. The Morgan fingerprint density at radius 2 is 1.69 bits per heavy atom. The molecule has 0 saturated heterocycles. The molecule has 0 radical (unpaired) electrons. The van der Waals surface area contributed by atoms with Gasteiger partial charge in [0.2, 0.25) is 0 Å². The molecule has 1 aromatic rings. The maximum absolute atomic E-state index is 10.6. The van der Waals surface area contributed by atoms with Crippen molar-refractivity contribution in [3.63, 3.8) is 0 Å². The summed E-state index contributed by atoms with van der Waals surface area (Å²) in [6, 6.07) is 2.51. The first-order valence-electron chi connectivity index (χ1n) is 3.95. The first kappa shape index (κ1) is 13.0. The molecule has 0 amide bonds. The van der Waals surface area contributed by atoms with Gasteiger partial charge in [0, 0.05) is 0 Å². The van der Waals surface area contributed by atoms with Crippen molar-refractivity contribution in [3.8, 4) is 5.75 Å². The summed E-state index contributed by atoms with van der Waals surface area (Å²) in [5, 5.41) is 20.8. The van der Waals surface area contributed by atoms with Crippen molar-refractivity contribution < 1.29 is 24.5 Å². The second-order valence-electron chi connectivity index (χ2n) is 2.72. The number of carbonyl (C=O) groups is 2. The second-order valence-corrected chi connectivity index (χ2v) is 4.43. The summed E-state index contributed by atoms with van der Waals surface area (Å²) in [4.78, 5) is 20.8. The SMILES string of the molecule is O=C([O-])COc1c(Br)cc(C(=O)[O-])cc1Br. The van der Waals surface area contributed by atoms with Crippen LogP contribution in [0.15, 0.2) is 21.1 Å². The van der Waals surface area contributed by atoms with E-state index >= 15 is 0 Å². The maximum Gasteiger partial charge on any atom is 0.148 e. The second kappa shape index (κ2) is 5.31. The van der Waals surface area contributed by atoms with Crippen LogP contribution in [0.1, 0.15) is 10.4 Å². The van der Waals surface area contributed by atoms with Gasteiger partial charge in [-0.1, -0.05) is 0 Å². The van der Waals surface area contributed by atoms with Crippen LogP contribution in [0.4, 0.5) is 0 Å². The fraction of sp³-hybridized carbons (Fsp3) is 0.111. The van der Waals surface area contributed by atoms with Gasteiger partial charge in [-0.05, 0) is 49.6 Å². The van der Waals surface area contributed by atoms with Gasteiger partial charge >= 0.3 is 0 Å². The first-order chi connectivity index (χ1) is 7.41. The molecule has 1 rings (SSSR count). The number of rotatable bonds is 4. The number of carboxylic acid groups (broad SMARTS) is 2. The van der Waals surface area contributed by atoms with Crippen molar-refractivity contribution in [2.24, 2.45) is 0 Å². The number of benzene rings is 1. The van der Waals surface area contributed by atoms with Crippen molar-refractivity contribution in [1.29, 1.82) is 0 Å². The van der Waals surface area contributed by atoms with Gasteiger partial charge in [0.05, 0.1) is 20.9 Å². The lowest BCUT2D eigenvalue weighted by molar-refractivity contribution is -0.307. The Labute approximate surface area is 107 Å². The highest BCUT2D eigenvalue weighted by atomic mass is 79.9. The fourth-order valence-electron chi connectivity index (χ4n) is 0.947. The molecule has 0 aliphatic heterocycles. The van der Waals surface area contributed by atoms with Gasteiger partial charge in [0.25, 0.3) is 0 Å². The van der Waals surface area contributed by atoms with Gasteiger partial charge in [0.15, 0.2) is 0 Å². The molecule has 0 aliphatic carbocycles. The third-order valence-corrected chi connectivity index (χ3v) is 2.75. The van der Waals surface area contributed by atoms with Crippen LogP contribution < -0.4 is 14.9 Å². The molecular formula is C9H4Br2O5-2. The topological polar surface area (TPSA) is 89.5 Å². The Kier molecular flexibility index (Phi) is 4.31. The summed E-state index contributed by atoms with van der Waals surface area (Å²) in [5.74, 6) is -2.52.